The van der Waals surface area contributed by atoms with Crippen LogP contribution in [-0.2, 0) is 11.3 Å². The monoisotopic (exact) mass is 225 g/mol. The summed E-state index contributed by atoms with van der Waals surface area (Å²) >= 11 is 0. The minimum Gasteiger partial charge on any atom is -0.382 e. The van der Waals surface area contributed by atoms with Crippen LogP contribution in [0.25, 0.3) is 0 Å². The third-order valence-electron chi connectivity index (χ3n) is 2.55. The highest BCUT2D eigenvalue weighted by atomic mass is 16.5. The van der Waals surface area contributed by atoms with E-state index >= 15 is 0 Å². The van der Waals surface area contributed by atoms with Crippen molar-refractivity contribution in [3.8, 4) is 0 Å². The molecule has 16 heavy (non-hydrogen) atoms. The quantitative estimate of drug-likeness (QED) is 0.689. The van der Waals surface area contributed by atoms with Crippen LogP contribution in [0.5, 0.6) is 0 Å². The van der Waals surface area contributed by atoms with Crippen LogP contribution in [0.4, 0.5) is 0 Å². The van der Waals surface area contributed by atoms with Crippen LogP contribution in [-0.4, -0.2) is 22.8 Å². The molecule has 0 radical (unpaired) electrons. The van der Waals surface area contributed by atoms with Crippen LogP contribution in [0.2, 0.25) is 0 Å². The highest BCUT2D eigenvalue weighted by molar-refractivity contribution is 4.98. The lowest BCUT2D eigenvalue weighted by atomic mass is 10.1. The first-order valence-electron chi connectivity index (χ1n) is 6.13. The van der Waals surface area contributed by atoms with Crippen molar-refractivity contribution in [2.75, 3.05) is 13.2 Å². The standard InChI is InChI=1S/C12H23N3O/c1-3-8-15-9-7-14-12(15)11(13)6-5-10-16-4-2/h7,9,11H,3-6,8,10,13H2,1-2H3. The molecule has 0 saturated heterocycles. The summed E-state index contributed by atoms with van der Waals surface area (Å²) in [6.07, 6.45) is 6.86. The molecule has 1 aromatic rings. The van der Waals surface area contributed by atoms with Gasteiger partial charge in [-0.1, -0.05) is 6.92 Å². The van der Waals surface area contributed by atoms with Crippen molar-refractivity contribution in [2.45, 2.75) is 45.7 Å². The summed E-state index contributed by atoms with van der Waals surface area (Å²) in [5.74, 6) is 0.998. The zero-order chi connectivity index (χ0) is 11.8. The molecule has 1 atom stereocenters. The van der Waals surface area contributed by atoms with Crippen molar-refractivity contribution < 1.29 is 4.74 Å². The van der Waals surface area contributed by atoms with Crippen LogP contribution in [0, 0.1) is 0 Å². The Bertz CT molecular complexity index is 286. The van der Waals surface area contributed by atoms with Gasteiger partial charge < -0.3 is 15.0 Å². The first kappa shape index (κ1) is 13.2. The van der Waals surface area contributed by atoms with Crippen molar-refractivity contribution in [1.29, 1.82) is 0 Å². The predicted octanol–water partition coefficient (Wildman–Crippen LogP) is 2.11. The molecule has 4 heteroatoms. The average Bonchev–Trinajstić information content (AvgIpc) is 2.73. The van der Waals surface area contributed by atoms with Gasteiger partial charge in [0.1, 0.15) is 5.82 Å². The molecule has 0 aromatic carbocycles. The minimum atomic E-state index is 0.0296. The molecule has 92 valence electrons. The van der Waals surface area contributed by atoms with Gasteiger partial charge in [0.2, 0.25) is 0 Å². The molecule has 0 bridgehead atoms. The Morgan fingerprint density at radius 3 is 3.00 bits per heavy atom. The molecule has 0 spiro atoms. The molecule has 0 amide bonds. The topological polar surface area (TPSA) is 53.1 Å². The van der Waals surface area contributed by atoms with Crippen molar-refractivity contribution >= 4 is 0 Å². The first-order valence-corrected chi connectivity index (χ1v) is 6.13. The Morgan fingerprint density at radius 2 is 2.31 bits per heavy atom. The second-order valence-corrected chi connectivity index (χ2v) is 3.92. The number of nitrogens with zero attached hydrogens (tertiary/aromatic N) is 2. The fourth-order valence-electron chi connectivity index (χ4n) is 1.76. The second kappa shape index (κ2) is 7.41. The van der Waals surface area contributed by atoms with E-state index in [4.69, 9.17) is 10.5 Å². The van der Waals surface area contributed by atoms with Crippen LogP contribution in [0.3, 0.4) is 0 Å². The zero-order valence-electron chi connectivity index (χ0n) is 10.4. The van der Waals surface area contributed by atoms with E-state index in [1.807, 2.05) is 19.3 Å². The van der Waals surface area contributed by atoms with Gasteiger partial charge in [0.05, 0.1) is 6.04 Å². The molecule has 2 N–H and O–H groups in total. The SMILES string of the molecule is CCCn1ccnc1C(N)CCCOCC. The van der Waals surface area contributed by atoms with Crippen LogP contribution in [0.15, 0.2) is 12.4 Å². The number of rotatable bonds is 8. The van der Waals surface area contributed by atoms with E-state index in [9.17, 15) is 0 Å². The largest absolute Gasteiger partial charge is 0.382 e. The van der Waals surface area contributed by atoms with Crippen LogP contribution >= 0.6 is 0 Å². The highest BCUT2D eigenvalue weighted by Crippen LogP contribution is 2.14. The lowest BCUT2D eigenvalue weighted by Crippen LogP contribution is -2.17. The van der Waals surface area contributed by atoms with E-state index in [2.05, 4.69) is 16.5 Å². The summed E-state index contributed by atoms with van der Waals surface area (Å²) in [5.41, 5.74) is 6.11. The van der Waals surface area contributed by atoms with Gasteiger partial charge in [0.25, 0.3) is 0 Å². The maximum atomic E-state index is 6.11. The molecule has 0 aliphatic heterocycles. The van der Waals surface area contributed by atoms with Crippen LogP contribution < -0.4 is 5.73 Å². The van der Waals surface area contributed by atoms with Crippen molar-refractivity contribution in [2.24, 2.45) is 5.73 Å². The molecule has 0 aliphatic rings. The number of ether oxygens (including phenoxy) is 1. The molecular formula is C12H23N3O. The molecule has 0 fully saturated rings. The Hall–Kier alpha value is -0.870. The molecule has 4 nitrogen and oxygen atoms in total. The summed E-state index contributed by atoms with van der Waals surface area (Å²) in [5, 5.41) is 0. The van der Waals surface area contributed by atoms with Crippen molar-refractivity contribution in [3.63, 3.8) is 0 Å². The van der Waals surface area contributed by atoms with E-state index in [0.717, 1.165) is 44.8 Å². The minimum absolute atomic E-state index is 0.0296. The third-order valence-corrected chi connectivity index (χ3v) is 2.55. The molecule has 0 aliphatic carbocycles. The Kier molecular flexibility index (Phi) is 6.11. The van der Waals surface area contributed by atoms with Gasteiger partial charge in [-0.05, 0) is 26.2 Å². The van der Waals surface area contributed by atoms with E-state index in [0.29, 0.717) is 0 Å². The summed E-state index contributed by atoms with van der Waals surface area (Å²) in [6, 6.07) is 0.0296. The fraction of sp³-hybridized carbons (Fsp3) is 0.750. The Labute approximate surface area is 97.8 Å². The zero-order valence-corrected chi connectivity index (χ0v) is 10.4. The van der Waals surface area contributed by atoms with Crippen LogP contribution in [0.1, 0.15) is 45.0 Å². The maximum Gasteiger partial charge on any atom is 0.125 e. The number of nitrogens with two attached hydrogens (primary N) is 1. The molecule has 1 rings (SSSR count). The lowest BCUT2D eigenvalue weighted by molar-refractivity contribution is 0.141. The number of aryl methyl sites for hydroxylation is 1. The number of aromatic nitrogens is 2. The van der Waals surface area contributed by atoms with Gasteiger partial charge in [0, 0.05) is 32.2 Å². The summed E-state index contributed by atoms with van der Waals surface area (Å²) in [4.78, 5) is 4.33. The van der Waals surface area contributed by atoms with Gasteiger partial charge in [-0.2, -0.15) is 0 Å². The number of hydrogen-bond donors (Lipinski definition) is 1. The lowest BCUT2D eigenvalue weighted by Gasteiger charge is -2.13. The Balaban J connectivity index is 2.39. The number of hydrogen-bond acceptors (Lipinski definition) is 3. The van der Waals surface area contributed by atoms with E-state index < -0.39 is 0 Å². The summed E-state index contributed by atoms with van der Waals surface area (Å²) in [7, 11) is 0. The molecular weight excluding hydrogens is 202 g/mol. The van der Waals surface area contributed by atoms with Gasteiger partial charge in [-0.25, -0.2) is 4.98 Å². The normalized spacial score (nSPS) is 12.9. The number of imidazole rings is 1. The Morgan fingerprint density at radius 1 is 1.50 bits per heavy atom. The van der Waals surface area contributed by atoms with Gasteiger partial charge >= 0.3 is 0 Å². The highest BCUT2D eigenvalue weighted by Gasteiger charge is 2.11. The molecule has 0 saturated carbocycles. The van der Waals surface area contributed by atoms with Crippen molar-refractivity contribution in [3.05, 3.63) is 18.2 Å². The fourth-order valence-corrected chi connectivity index (χ4v) is 1.76. The predicted molar refractivity (Wildman–Crippen MR) is 65.2 cm³/mol. The second-order valence-electron chi connectivity index (χ2n) is 3.92. The van der Waals surface area contributed by atoms with Gasteiger partial charge in [-0.3, -0.25) is 0 Å². The van der Waals surface area contributed by atoms with Gasteiger partial charge in [-0.15, -0.1) is 0 Å². The van der Waals surface area contributed by atoms with E-state index in [1.54, 1.807) is 0 Å². The molecule has 1 unspecified atom stereocenters. The smallest absolute Gasteiger partial charge is 0.125 e. The third kappa shape index (κ3) is 3.94. The average molecular weight is 225 g/mol. The van der Waals surface area contributed by atoms with E-state index in [1.165, 1.54) is 0 Å². The van der Waals surface area contributed by atoms with Gasteiger partial charge in [0.15, 0.2) is 0 Å². The maximum absolute atomic E-state index is 6.11. The molecule has 1 heterocycles. The summed E-state index contributed by atoms with van der Waals surface area (Å²) in [6.45, 7) is 6.73. The summed E-state index contributed by atoms with van der Waals surface area (Å²) < 4.78 is 7.44. The van der Waals surface area contributed by atoms with Crippen molar-refractivity contribution in [1.82, 2.24) is 9.55 Å². The first-order chi connectivity index (χ1) is 7.79. The molecule has 1 aromatic heterocycles. The van der Waals surface area contributed by atoms with E-state index in [-0.39, 0.29) is 6.04 Å².